The van der Waals surface area contributed by atoms with E-state index in [9.17, 15) is 0 Å². The highest BCUT2D eigenvalue weighted by atomic mass is 28.3. The van der Waals surface area contributed by atoms with Gasteiger partial charge >= 0.3 is 0 Å². The standard InChI is InChI=1S/C15H32O3Si2/c1-14(19(2,3)4)13(17-14)11-15(20(5,6)7)12(18-15)9-8-10-16/h12-13,16H,8-11H2,1-7H3/t12-,13-,14+,15+/m1/s1. The SMILES string of the molecule is C[C@@]1([Si](C)(C)C)O[C@@H]1C[C@@]1([Si](C)(C)C)O[C@@H]1CCCO. The molecular formula is C15H32O3Si2. The molecule has 0 saturated carbocycles. The largest absolute Gasteiger partial charge is 0.396 e. The minimum Gasteiger partial charge on any atom is -0.396 e. The highest BCUT2D eigenvalue weighted by molar-refractivity contribution is 6.80. The van der Waals surface area contributed by atoms with Gasteiger partial charge in [0.2, 0.25) is 0 Å². The maximum atomic E-state index is 9.04. The number of aliphatic hydroxyl groups excluding tert-OH is 1. The third kappa shape index (κ3) is 2.67. The van der Waals surface area contributed by atoms with Gasteiger partial charge in [-0.1, -0.05) is 39.3 Å². The summed E-state index contributed by atoms with van der Waals surface area (Å²) in [5.74, 6) is 0. The van der Waals surface area contributed by atoms with Crippen molar-refractivity contribution in [3.63, 3.8) is 0 Å². The van der Waals surface area contributed by atoms with Gasteiger partial charge < -0.3 is 14.6 Å². The van der Waals surface area contributed by atoms with Crippen LogP contribution in [0.25, 0.3) is 0 Å². The van der Waals surface area contributed by atoms with Gasteiger partial charge in [0, 0.05) is 13.0 Å². The molecule has 0 amide bonds. The van der Waals surface area contributed by atoms with Gasteiger partial charge in [0.05, 0.1) is 38.8 Å². The molecule has 2 rings (SSSR count). The first-order valence-electron chi connectivity index (χ1n) is 7.94. The molecule has 4 atom stereocenters. The van der Waals surface area contributed by atoms with Crippen LogP contribution in [0.3, 0.4) is 0 Å². The Morgan fingerprint density at radius 3 is 1.95 bits per heavy atom. The average Bonchev–Trinajstić information content (AvgIpc) is 3.13. The number of rotatable bonds is 7. The number of ether oxygens (including phenoxy) is 2. The molecule has 0 bridgehead atoms. The molecule has 1 N–H and O–H groups in total. The van der Waals surface area contributed by atoms with Crippen molar-refractivity contribution in [1.29, 1.82) is 0 Å². The van der Waals surface area contributed by atoms with Crippen LogP contribution in [0.5, 0.6) is 0 Å². The Morgan fingerprint density at radius 2 is 1.55 bits per heavy atom. The average molecular weight is 317 g/mol. The molecule has 5 heteroatoms. The Hall–Kier alpha value is 0.314. The molecule has 2 saturated heterocycles. The van der Waals surface area contributed by atoms with Crippen LogP contribution in [-0.2, 0) is 9.47 Å². The zero-order valence-corrected chi connectivity index (χ0v) is 16.2. The number of hydrogen-bond donors (Lipinski definition) is 1. The zero-order valence-electron chi connectivity index (χ0n) is 14.2. The van der Waals surface area contributed by atoms with Crippen LogP contribution < -0.4 is 0 Å². The summed E-state index contributed by atoms with van der Waals surface area (Å²) in [7, 11) is -2.69. The molecule has 0 aromatic carbocycles. The van der Waals surface area contributed by atoms with Crippen LogP contribution in [0.2, 0.25) is 39.3 Å². The Kier molecular flexibility index (Phi) is 4.10. The van der Waals surface area contributed by atoms with Crippen LogP contribution in [0.4, 0.5) is 0 Å². The second kappa shape index (κ2) is 4.91. The first kappa shape index (κ1) is 16.7. The molecule has 0 spiro atoms. The molecule has 3 nitrogen and oxygen atoms in total. The van der Waals surface area contributed by atoms with E-state index in [1.165, 1.54) is 0 Å². The van der Waals surface area contributed by atoms with E-state index < -0.39 is 16.1 Å². The Bertz CT molecular complexity index is 374. The van der Waals surface area contributed by atoms with E-state index in [0.717, 1.165) is 19.3 Å². The molecule has 0 unspecified atom stereocenters. The Balaban J connectivity index is 2.03. The van der Waals surface area contributed by atoms with Crippen molar-refractivity contribution in [3.8, 4) is 0 Å². The van der Waals surface area contributed by atoms with Crippen LogP contribution >= 0.6 is 0 Å². The van der Waals surface area contributed by atoms with Crippen LogP contribution in [0.1, 0.15) is 26.2 Å². The minimum atomic E-state index is -1.40. The molecule has 2 aliphatic heterocycles. The predicted octanol–water partition coefficient (Wildman–Crippen LogP) is 3.20. The fourth-order valence-electron chi connectivity index (χ4n) is 3.37. The third-order valence-corrected chi connectivity index (χ3v) is 12.2. The highest BCUT2D eigenvalue weighted by Gasteiger charge is 2.70. The third-order valence-electron chi connectivity index (χ3n) is 5.63. The predicted molar refractivity (Wildman–Crippen MR) is 88.5 cm³/mol. The molecule has 118 valence electrons. The molecule has 2 fully saturated rings. The first-order chi connectivity index (χ1) is 8.98. The van der Waals surface area contributed by atoms with E-state index in [-0.39, 0.29) is 17.1 Å². The minimum absolute atomic E-state index is 0.0875. The van der Waals surface area contributed by atoms with Gasteiger partial charge in [-0.3, -0.25) is 0 Å². The Morgan fingerprint density at radius 1 is 0.950 bits per heavy atom. The van der Waals surface area contributed by atoms with Gasteiger partial charge in [0.1, 0.15) is 0 Å². The monoisotopic (exact) mass is 316 g/mol. The summed E-state index contributed by atoms with van der Waals surface area (Å²) in [4.78, 5) is 0. The summed E-state index contributed by atoms with van der Waals surface area (Å²) >= 11 is 0. The van der Waals surface area contributed by atoms with Crippen molar-refractivity contribution in [2.24, 2.45) is 0 Å². The summed E-state index contributed by atoms with van der Waals surface area (Å²) in [6.07, 6.45) is 3.67. The molecule has 20 heavy (non-hydrogen) atoms. The maximum absolute atomic E-state index is 9.04. The molecule has 0 radical (unpaired) electrons. The lowest BCUT2D eigenvalue weighted by Gasteiger charge is -2.28. The van der Waals surface area contributed by atoms with E-state index in [4.69, 9.17) is 14.6 Å². The topological polar surface area (TPSA) is 45.3 Å². The number of aliphatic hydroxyl groups is 1. The number of hydrogen-bond acceptors (Lipinski definition) is 3. The first-order valence-corrected chi connectivity index (χ1v) is 14.9. The van der Waals surface area contributed by atoms with Crippen molar-refractivity contribution in [3.05, 3.63) is 0 Å². The molecule has 0 aromatic rings. The fraction of sp³-hybridized carbons (Fsp3) is 1.00. The van der Waals surface area contributed by atoms with E-state index in [1.54, 1.807) is 0 Å². The summed E-state index contributed by atoms with van der Waals surface area (Å²) in [5.41, 5.74) is 0. The van der Waals surface area contributed by atoms with Gasteiger partial charge in [-0.15, -0.1) is 0 Å². The van der Waals surface area contributed by atoms with Crippen LogP contribution in [0, 0.1) is 0 Å². The molecule has 2 aliphatic rings. The van der Waals surface area contributed by atoms with E-state index in [1.807, 2.05) is 0 Å². The van der Waals surface area contributed by atoms with Gasteiger partial charge in [-0.05, 0) is 19.8 Å². The highest BCUT2D eigenvalue weighted by Crippen LogP contribution is 2.56. The van der Waals surface area contributed by atoms with Crippen LogP contribution in [0.15, 0.2) is 0 Å². The molecule has 2 heterocycles. The number of epoxide rings is 2. The quantitative estimate of drug-likeness (QED) is 0.579. The Labute approximate surface area is 126 Å². The van der Waals surface area contributed by atoms with E-state index in [2.05, 4.69) is 46.2 Å². The molecule has 0 aliphatic carbocycles. The van der Waals surface area contributed by atoms with Gasteiger partial charge in [0.25, 0.3) is 0 Å². The maximum Gasteiger partial charge on any atom is 0.0865 e. The van der Waals surface area contributed by atoms with Gasteiger partial charge in [-0.25, -0.2) is 0 Å². The normalized spacial score (nSPS) is 40.8. The summed E-state index contributed by atoms with van der Waals surface area (Å²) in [6.45, 7) is 17.0. The van der Waals surface area contributed by atoms with Gasteiger partial charge in [0.15, 0.2) is 0 Å². The van der Waals surface area contributed by atoms with Crippen LogP contribution in [-0.4, -0.2) is 50.5 Å². The lowest BCUT2D eigenvalue weighted by atomic mass is 10.1. The van der Waals surface area contributed by atoms with E-state index in [0.29, 0.717) is 12.2 Å². The fourth-order valence-corrected chi connectivity index (χ4v) is 7.33. The van der Waals surface area contributed by atoms with Crippen molar-refractivity contribution >= 4 is 16.1 Å². The molecule has 0 aromatic heterocycles. The second-order valence-electron chi connectivity index (χ2n) is 8.78. The molecular weight excluding hydrogens is 284 g/mol. The lowest BCUT2D eigenvalue weighted by molar-refractivity contribution is 0.268. The van der Waals surface area contributed by atoms with Crippen molar-refractivity contribution in [2.75, 3.05) is 6.61 Å². The summed E-state index contributed by atoms with van der Waals surface area (Å²) in [6, 6.07) is 0. The summed E-state index contributed by atoms with van der Waals surface area (Å²) in [5, 5.41) is 9.26. The van der Waals surface area contributed by atoms with Crippen molar-refractivity contribution < 1.29 is 14.6 Å². The lowest BCUT2D eigenvalue weighted by Crippen LogP contribution is -2.47. The van der Waals surface area contributed by atoms with Crippen molar-refractivity contribution in [1.82, 2.24) is 0 Å². The van der Waals surface area contributed by atoms with Crippen molar-refractivity contribution in [2.45, 2.75) is 88.1 Å². The zero-order chi connectivity index (χ0) is 15.4. The second-order valence-corrected chi connectivity index (χ2v) is 19.6. The smallest absolute Gasteiger partial charge is 0.0865 e. The van der Waals surface area contributed by atoms with E-state index >= 15 is 0 Å². The van der Waals surface area contributed by atoms with Gasteiger partial charge in [-0.2, -0.15) is 0 Å². The summed E-state index contributed by atoms with van der Waals surface area (Å²) < 4.78 is 12.4.